The Hall–Kier alpha value is -1.62. The van der Waals surface area contributed by atoms with Crippen molar-refractivity contribution >= 4 is 5.69 Å². The molecule has 41 heavy (non-hydrogen) atoms. The van der Waals surface area contributed by atoms with Gasteiger partial charge in [-0.3, -0.25) is 0 Å². The van der Waals surface area contributed by atoms with Crippen molar-refractivity contribution < 1.29 is 52.1 Å². The molecule has 0 unspecified atom stereocenters. The van der Waals surface area contributed by atoms with Crippen LogP contribution in [0.15, 0.2) is 24.3 Å². The molecule has 0 amide bonds. The topological polar surface area (TPSA) is 154 Å². The van der Waals surface area contributed by atoms with E-state index in [0.29, 0.717) is 151 Å². The minimum Gasteiger partial charge on any atom is -0.491 e. The highest BCUT2D eigenvalue weighted by molar-refractivity contribution is 5.41. The zero-order chi connectivity index (χ0) is 29.3. The highest BCUT2D eigenvalue weighted by Crippen LogP contribution is 2.12. The SMILES string of the molecule is NCCOCCOCCOCCOCCOCCOCCOCCOCCOCCOCCOc1ccc(N)cc1. The van der Waals surface area contributed by atoms with Gasteiger partial charge in [-0.1, -0.05) is 0 Å². The van der Waals surface area contributed by atoms with Gasteiger partial charge >= 0.3 is 0 Å². The fourth-order valence-electron chi connectivity index (χ4n) is 2.95. The minimum atomic E-state index is 0.477. The van der Waals surface area contributed by atoms with Crippen LogP contribution >= 0.6 is 0 Å². The van der Waals surface area contributed by atoms with E-state index >= 15 is 0 Å². The van der Waals surface area contributed by atoms with Gasteiger partial charge in [-0.05, 0) is 24.3 Å². The summed E-state index contributed by atoms with van der Waals surface area (Å²) < 4.78 is 59.7. The van der Waals surface area contributed by atoms with Crippen LogP contribution in [0.1, 0.15) is 0 Å². The molecule has 0 saturated heterocycles. The van der Waals surface area contributed by atoms with Crippen molar-refractivity contribution in [3.05, 3.63) is 24.3 Å². The van der Waals surface area contributed by atoms with E-state index in [0.717, 1.165) is 5.75 Å². The Kier molecular flexibility index (Phi) is 28.6. The molecule has 0 radical (unpaired) electrons. The zero-order valence-corrected chi connectivity index (χ0v) is 24.5. The van der Waals surface area contributed by atoms with E-state index in [1.807, 2.05) is 12.1 Å². The van der Waals surface area contributed by atoms with Crippen LogP contribution in [-0.2, 0) is 47.4 Å². The van der Waals surface area contributed by atoms with E-state index < -0.39 is 0 Å². The van der Waals surface area contributed by atoms with Gasteiger partial charge < -0.3 is 63.6 Å². The molecule has 0 saturated carbocycles. The van der Waals surface area contributed by atoms with Crippen molar-refractivity contribution in [3.63, 3.8) is 0 Å². The van der Waals surface area contributed by atoms with Gasteiger partial charge in [0, 0.05) is 12.2 Å². The third-order valence-corrected chi connectivity index (χ3v) is 4.99. The Morgan fingerprint density at radius 2 is 0.585 bits per heavy atom. The minimum absolute atomic E-state index is 0.477. The van der Waals surface area contributed by atoms with Gasteiger partial charge in [0.25, 0.3) is 0 Å². The average molecular weight is 593 g/mol. The molecule has 0 heterocycles. The Balaban J connectivity index is 1.63. The molecule has 13 heteroatoms. The summed E-state index contributed by atoms with van der Waals surface area (Å²) in [5.74, 6) is 0.772. The van der Waals surface area contributed by atoms with Gasteiger partial charge in [0.05, 0.1) is 132 Å². The molecule has 0 aliphatic rings. The number of nitrogen functional groups attached to an aromatic ring is 1. The molecule has 1 rings (SSSR count). The average Bonchev–Trinajstić information content (AvgIpc) is 2.98. The quantitative estimate of drug-likeness (QED) is 0.0873. The van der Waals surface area contributed by atoms with Gasteiger partial charge in [-0.25, -0.2) is 0 Å². The molecule has 0 aliphatic carbocycles. The Morgan fingerprint density at radius 1 is 0.341 bits per heavy atom. The second kappa shape index (κ2) is 31.3. The number of anilines is 1. The highest BCUT2D eigenvalue weighted by Gasteiger charge is 1.97. The van der Waals surface area contributed by atoms with E-state index in [4.69, 9.17) is 63.6 Å². The molecule has 0 aromatic heterocycles. The van der Waals surface area contributed by atoms with Gasteiger partial charge in [0.2, 0.25) is 0 Å². The molecule has 0 aliphatic heterocycles. The van der Waals surface area contributed by atoms with E-state index in [-0.39, 0.29) is 0 Å². The monoisotopic (exact) mass is 592 g/mol. The molecule has 4 N–H and O–H groups in total. The lowest BCUT2D eigenvalue weighted by atomic mass is 10.3. The van der Waals surface area contributed by atoms with Crippen LogP contribution < -0.4 is 16.2 Å². The van der Waals surface area contributed by atoms with E-state index in [1.165, 1.54) is 0 Å². The molecule has 240 valence electrons. The first kappa shape index (κ1) is 37.4. The molecular formula is C28H52N2O11. The lowest BCUT2D eigenvalue weighted by Gasteiger charge is -2.09. The summed E-state index contributed by atoms with van der Waals surface area (Å²) in [5, 5.41) is 0. The molecule has 1 aromatic rings. The zero-order valence-electron chi connectivity index (χ0n) is 24.5. The first-order valence-electron chi connectivity index (χ1n) is 14.3. The Morgan fingerprint density at radius 3 is 0.854 bits per heavy atom. The maximum Gasteiger partial charge on any atom is 0.119 e. The smallest absolute Gasteiger partial charge is 0.119 e. The Bertz CT molecular complexity index is 644. The number of nitrogens with two attached hydrogens (primary N) is 2. The van der Waals surface area contributed by atoms with Crippen molar-refractivity contribution in [2.45, 2.75) is 0 Å². The first-order chi connectivity index (χ1) is 20.3. The second-order valence-corrected chi connectivity index (χ2v) is 8.33. The summed E-state index contributed by atoms with van der Waals surface area (Å²) in [6.07, 6.45) is 0. The van der Waals surface area contributed by atoms with Crippen LogP contribution in [0, 0.1) is 0 Å². The number of benzene rings is 1. The molecule has 0 bridgehead atoms. The summed E-state index contributed by atoms with van der Waals surface area (Å²) in [7, 11) is 0. The molecular weight excluding hydrogens is 540 g/mol. The number of hydrogen-bond donors (Lipinski definition) is 2. The van der Waals surface area contributed by atoms with Crippen LogP contribution in [0.25, 0.3) is 0 Å². The number of ether oxygens (including phenoxy) is 11. The van der Waals surface area contributed by atoms with Gasteiger partial charge in [-0.15, -0.1) is 0 Å². The van der Waals surface area contributed by atoms with E-state index in [1.54, 1.807) is 12.1 Å². The van der Waals surface area contributed by atoms with Gasteiger partial charge in [0.15, 0.2) is 0 Å². The van der Waals surface area contributed by atoms with Gasteiger partial charge in [-0.2, -0.15) is 0 Å². The first-order valence-corrected chi connectivity index (χ1v) is 14.3. The third-order valence-electron chi connectivity index (χ3n) is 4.99. The summed E-state index contributed by atoms with van der Waals surface area (Å²) >= 11 is 0. The highest BCUT2D eigenvalue weighted by atomic mass is 16.6. The molecule has 13 nitrogen and oxygen atoms in total. The fraction of sp³-hybridized carbons (Fsp3) is 0.786. The van der Waals surface area contributed by atoms with Crippen molar-refractivity contribution in [2.24, 2.45) is 5.73 Å². The molecule has 0 spiro atoms. The lowest BCUT2D eigenvalue weighted by Crippen LogP contribution is -2.15. The number of hydrogen-bond acceptors (Lipinski definition) is 13. The van der Waals surface area contributed by atoms with Crippen LogP contribution in [0.3, 0.4) is 0 Å². The summed E-state index contributed by atoms with van der Waals surface area (Å²) in [6.45, 7) is 11.4. The van der Waals surface area contributed by atoms with Gasteiger partial charge in [0.1, 0.15) is 12.4 Å². The fourth-order valence-corrected chi connectivity index (χ4v) is 2.95. The maximum absolute atomic E-state index is 5.63. The maximum atomic E-state index is 5.63. The number of rotatable bonds is 33. The standard InChI is InChI=1S/C28H52N2O11/c29-5-6-31-7-8-32-9-10-33-11-12-34-13-14-35-15-16-36-17-18-37-19-20-38-21-22-39-23-24-40-25-26-41-28-3-1-27(30)2-4-28/h1-4H,5-26,29-30H2. The largest absolute Gasteiger partial charge is 0.491 e. The second-order valence-electron chi connectivity index (χ2n) is 8.33. The summed E-state index contributed by atoms with van der Waals surface area (Å²) in [5.41, 5.74) is 11.7. The molecule has 0 atom stereocenters. The predicted octanol–water partition coefficient (Wildman–Crippen LogP) is 0.772. The molecule has 1 aromatic carbocycles. The van der Waals surface area contributed by atoms with Crippen molar-refractivity contribution in [3.8, 4) is 5.75 Å². The van der Waals surface area contributed by atoms with E-state index in [2.05, 4.69) is 0 Å². The van der Waals surface area contributed by atoms with Crippen molar-refractivity contribution in [2.75, 3.05) is 151 Å². The van der Waals surface area contributed by atoms with Crippen LogP contribution in [0.2, 0.25) is 0 Å². The predicted molar refractivity (Wildman–Crippen MR) is 154 cm³/mol. The Labute approximate surface area is 244 Å². The van der Waals surface area contributed by atoms with E-state index in [9.17, 15) is 0 Å². The van der Waals surface area contributed by atoms with Crippen LogP contribution in [0.4, 0.5) is 5.69 Å². The van der Waals surface area contributed by atoms with Crippen molar-refractivity contribution in [1.82, 2.24) is 0 Å². The van der Waals surface area contributed by atoms with Crippen molar-refractivity contribution in [1.29, 1.82) is 0 Å². The lowest BCUT2D eigenvalue weighted by molar-refractivity contribution is -0.0266. The molecule has 0 fully saturated rings. The van der Waals surface area contributed by atoms with Crippen LogP contribution in [-0.4, -0.2) is 145 Å². The third kappa shape index (κ3) is 28.3. The normalized spacial score (nSPS) is 11.3. The van der Waals surface area contributed by atoms with Crippen LogP contribution in [0.5, 0.6) is 5.75 Å². The summed E-state index contributed by atoms with van der Waals surface area (Å²) in [4.78, 5) is 0. The summed E-state index contributed by atoms with van der Waals surface area (Å²) in [6, 6.07) is 7.26.